The Morgan fingerprint density at radius 2 is 2.04 bits per heavy atom. The number of anilines is 1. The molecule has 6 heteroatoms. The molecule has 0 unspecified atom stereocenters. The molecular weight excluding hydrogens is 340 g/mol. The highest BCUT2D eigenvalue weighted by Crippen LogP contribution is 2.28. The Balaban J connectivity index is 1.49. The Morgan fingerprint density at radius 1 is 1.22 bits per heavy atom. The van der Waals surface area contributed by atoms with Gasteiger partial charge < -0.3 is 15.0 Å². The van der Waals surface area contributed by atoms with E-state index < -0.39 is 0 Å². The van der Waals surface area contributed by atoms with Crippen molar-refractivity contribution in [2.75, 3.05) is 18.4 Å². The van der Waals surface area contributed by atoms with E-state index in [4.69, 9.17) is 4.74 Å². The molecule has 1 amide bonds. The van der Waals surface area contributed by atoms with Gasteiger partial charge >= 0.3 is 0 Å². The first kappa shape index (κ1) is 17.8. The van der Waals surface area contributed by atoms with Crippen molar-refractivity contribution in [3.63, 3.8) is 0 Å². The van der Waals surface area contributed by atoms with Crippen molar-refractivity contribution in [2.45, 2.75) is 51.7 Å². The molecule has 0 radical (unpaired) electrons. The van der Waals surface area contributed by atoms with Crippen molar-refractivity contribution in [3.05, 3.63) is 47.4 Å². The van der Waals surface area contributed by atoms with Crippen LogP contribution in [0.1, 0.15) is 48.3 Å². The van der Waals surface area contributed by atoms with Gasteiger partial charge in [-0.3, -0.25) is 4.79 Å². The highest BCUT2D eigenvalue weighted by atomic mass is 16.5. The van der Waals surface area contributed by atoms with Crippen molar-refractivity contribution >= 4 is 11.7 Å². The molecule has 1 fully saturated rings. The maximum absolute atomic E-state index is 13.0. The van der Waals surface area contributed by atoms with Crippen LogP contribution in [0, 0.1) is 0 Å². The summed E-state index contributed by atoms with van der Waals surface area (Å²) in [4.78, 5) is 23.9. The molecule has 1 saturated carbocycles. The van der Waals surface area contributed by atoms with Crippen molar-refractivity contribution in [2.24, 2.45) is 0 Å². The lowest BCUT2D eigenvalue weighted by molar-refractivity contribution is 0.0762. The van der Waals surface area contributed by atoms with E-state index in [0.717, 1.165) is 35.7 Å². The van der Waals surface area contributed by atoms with Gasteiger partial charge in [0.2, 0.25) is 0 Å². The van der Waals surface area contributed by atoms with Gasteiger partial charge in [0, 0.05) is 36.7 Å². The molecule has 1 aliphatic heterocycles. The Hall–Kier alpha value is -2.63. The fraction of sp³-hybridized carbons (Fsp3) is 0.476. The normalized spacial score (nSPS) is 16.6. The Labute approximate surface area is 160 Å². The number of hydrogen-bond donors (Lipinski definition) is 1. The van der Waals surface area contributed by atoms with Crippen molar-refractivity contribution < 1.29 is 9.53 Å². The maximum atomic E-state index is 13.0. The molecule has 0 saturated heterocycles. The highest BCUT2D eigenvalue weighted by Gasteiger charge is 2.26. The van der Waals surface area contributed by atoms with Gasteiger partial charge in [-0.05, 0) is 51.3 Å². The number of fused-ring (bicyclic) bond motifs is 1. The van der Waals surface area contributed by atoms with Crippen LogP contribution in [0.2, 0.25) is 0 Å². The van der Waals surface area contributed by atoms with Crippen LogP contribution in [-0.4, -0.2) is 46.0 Å². The zero-order valence-electron chi connectivity index (χ0n) is 15.9. The van der Waals surface area contributed by atoms with Gasteiger partial charge in [0.05, 0.1) is 11.8 Å². The highest BCUT2D eigenvalue weighted by molar-refractivity contribution is 5.94. The van der Waals surface area contributed by atoms with Gasteiger partial charge in [0.1, 0.15) is 17.9 Å². The lowest BCUT2D eigenvalue weighted by Crippen LogP contribution is -2.33. The van der Waals surface area contributed by atoms with Gasteiger partial charge in [-0.15, -0.1) is 0 Å². The van der Waals surface area contributed by atoms with Crippen LogP contribution in [0.25, 0.3) is 0 Å². The number of carbonyl (C=O) groups is 1. The van der Waals surface area contributed by atoms with Crippen LogP contribution in [-0.2, 0) is 12.8 Å². The molecular formula is C21H26N4O2. The fourth-order valence-corrected chi connectivity index (χ4v) is 3.43. The standard InChI is InChI=1S/C21H26N4O2/c1-14(2)27-17-5-3-4-15(12-17)21(26)25-10-8-18-19(9-11-25)22-13-23-20(18)24-16-6-7-16/h3-5,12-14,16H,6-11H2,1-2H3,(H,22,23,24). The van der Waals surface area contributed by atoms with Gasteiger partial charge in [-0.25, -0.2) is 9.97 Å². The minimum absolute atomic E-state index is 0.0432. The molecule has 27 heavy (non-hydrogen) atoms. The van der Waals surface area contributed by atoms with E-state index >= 15 is 0 Å². The van der Waals surface area contributed by atoms with E-state index in [0.29, 0.717) is 24.7 Å². The lowest BCUT2D eigenvalue weighted by atomic mass is 10.1. The summed E-state index contributed by atoms with van der Waals surface area (Å²) in [5.41, 5.74) is 2.89. The molecule has 2 heterocycles. The predicted molar refractivity (Wildman–Crippen MR) is 104 cm³/mol. The Kier molecular flexibility index (Phi) is 4.97. The van der Waals surface area contributed by atoms with E-state index in [2.05, 4.69) is 15.3 Å². The zero-order chi connectivity index (χ0) is 18.8. The van der Waals surface area contributed by atoms with Gasteiger partial charge in [0.15, 0.2) is 0 Å². The SMILES string of the molecule is CC(C)Oc1cccc(C(=O)N2CCc3ncnc(NC4CC4)c3CC2)c1. The van der Waals surface area contributed by atoms with Crippen LogP contribution in [0.4, 0.5) is 5.82 Å². The molecule has 0 spiro atoms. The van der Waals surface area contributed by atoms with Crippen molar-refractivity contribution in [1.29, 1.82) is 0 Å². The predicted octanol–water partition coefficient (Wildman–Crippen LogP) is 3.08. The number of nitrogens with one attached hydrogen (secondary N) is 1. The average Bonchev–Trinajstić information content (AvgIpc) is 3.47. The van der Waals surface area contributed by atoms with Crippen molar-refractivity contribution in [3.8, 4) is 5.75 Å². The summed E-state index contributed by atoms with van der Waals surface area (Å²) in [7, 11) is 0. The van der Waals surface area contributed by atoms with E-state index in [1.165, 1.54) is 12.8 Å². The van der Waals surface area contributed by atoms with Crippen LogP contribution in [0.3, 0.4) is 0 Å². The third-order valence-electron chi connectivity index (χ3n) is 4.94. The molecule has 1 N–H and O–H groups in total. The third kappa shape index (κ3) is 4.21. The lowest BCUT2D eigenvalue weighted by Gasteiger charge is -2.21. The third-order valence-corrected chi connectivity index (χ3v) is 4.94. The van der Waals surface area contributed by atoms with Crippen LogP contribution >= 0.6 is 0 Å². The monoisotopic (exact) mass is 366 g/mol. The molecule has 2 aromatic rings. The minimum atomic E-state index is 0.0432. The second-order valence-electron chi connectivity index (χ2n) is 7.55. The number of nitrogens with zero attached hydrogens (tertiary/aromatic N) is 3. The number of amides is 1. The van der Waals surface area contributed by atoms with Crippen LogP contribution in [0.15, 0.2) is 30.6 Å². The summed E-state index contributed by atoms with van der Waals surface area (Å²) in [6, 6.07) is 8.00. The summed E-state index contributed by atoms with van der Waals surface area (Å²) >= 11 is 0. The molecule has 1 aromatic heterocycles. The molecule has 4 rings (SSSR count). The number of hydrogen-bond acceptors (Lipinski definition) is 5. The van der Waals surface area contributed by atoms with E-state index in [9.17, 15) is 4.79 Å². The quantitative estimate of drug-likeness (QED) is 0.881. The minimum Gasteiger partial charge on any atom is -0.491 e. The van der Waals surface area contributed by atoms with Crippen LogP contribution in [0.5, 0.6) is 5.75 Å². The zero-order valence-corrected chi connectivity index (χ0v) is 15.9. The van der Waals surface area contributed by atoms with E-state index in [1.54, 1.807) is 6.33 Å². The smallest absolute Gasteiger partial charge is 0.254 e. The second kappa shape index (κ2) is 7.55. The molecule has 2 aliphatic rings. The number of rotatable bonds is 5. The van der Waals surface area contributed by atoms with Gasteiger partial charge in [-0.1, -0.05) is 6.07 Å². The number of benzene rings is 1. The number of carbonyl (C=O) groups excluding carboxylic acids is 1. The molecule has 0 bridgehead atoms. The molecule has 1 aliphatic carbocycles. The fourth-order valence-electron chi connectivity index (χ4n) is 3.43. The summed E-state index contributed by atoms with van der Waals surface area (Å²) in [6.45, 7) is 5.30. The largest absolute Gasteiger partial charge is 0.491 e. The van der Waals surface area contributed by atoms with E-state index in [-0.39, 0.29) is 12.0 Å². The molecule has 142 valence electrons. The summed E-state index contributed by atoms with van der Waals surface area (Å²) < 4.78 is 5.73. The molecule has 1 aromatic carbocycles. The maximum Gasteiger partial charge on any atom is 0.254 e. The van der Waals surface area contributed by atoms with Crippen molar-refractivity contribution in [1.82, 2.24) is 14.9 Å². The Bertz CT molecular complexity index is 833. The topological polar surface area (TPSA) is 67.3 Å². The first-order chi connectivity index (χ1) is 13.1. The first-order valence-electron chi connectivity index (χ1n) is 9.75. The molecule has 6 nitrogen and oxygen atoms in total. The van der Waals surface area contributed by atoms with Crippen LogP contribution < -0.4 is 10.1 Å². The Morgan fingerprint density at radius 3 is 2.81 bits per heavy atom. The molecule has 0 atom stereocenters. The van der Waals surface area contributed by atoms with E-state index in [1.807, 2.05) is 43.0 Å². The average molecular weight is 366 g/mol. The number of aromatic nitrogens is 2. The first-order valence-corrected chi connectivity index (χ1v) is 9.75. The second-order valence-corrected chi connectivity index (χ2v) is 7.55. The summed E-state index contributed by atoms with van der Waals surface area (Å²) in [6.07, 6.45) is 5.66. The number of ether oxygens (including phenoxy) is 1. The van der Waals surface area contributed by atoms with Gasteiger partial charge in [0.25, 0.3) is 5.91 Å². The summed E-state index contributed by atoms with van der Waals surface area (Å²) in [5.74, 6) is 1.72. The summed E-state index contributed by atoms with van der Waals surface area (Å²) in [5, 5.41) is 3.50. The van der Waals surface area contributed by atoms with Gasteiger partial charge in [-0.2, -0.15) is 0 Å².